The summed E-state index contributed by atoms with van der Waals surface area (Å²) >= 11 is 1.84. The fraction of sp³-hybridized carbons (Fsp3) is 0. The van der Waals surface area contributed by atoms with Gasteiger partial charge >= 0.3 is 0 Å². The van der Waals surface area contributed by atoms with Crippen molar-refractivity contribution in [2.24, 2.45) is 0 Å². The van der Waals surface area contributed by atoms with E-state index in [0.717, 1.165) is 71.6 Å². The number of fused-ring (bicyclic) bond motifs is 12. The van der Waals surface area contributed by atoms with Crippen LogP contribution in [0.15, 0.2) is 168 Å². The van der Waals surface area contributed by atoms with E-state index >= 15 is 0 Å². The molecule has 4 aromatic heterocycles. The number of benzene rings is 8. The summed E-state index contributed by atoms with van der Waals surface area (Å²) in [6.45, 7) is 0. The summed E-state index contributed by atoms with van der Waals surface area (Å²) in [5, 5.41) is 10.3. The Balaban J connectivity index is 1.24. The highest BCUT2D eigenvalue weighted by Crippen LogP contribution is 2.45. The topological polar surface area (TPSA) is 43.9 Å². The lowest BCUT2D eigenvalue weighted by atomic mass is 9.95. The predicted octanol–water partition coefficient (Wildman–Crippen LogP) is 13.5. The zero-order valence-corrected chi connectivity index (χ0v) is 29.1. The van der Waals surface area contributed by atoms with Gasteiger partial charge in [-0.2, -0.15) is 0 Å². The highest BCUT2D eigenvalue weighted by Gasteiger charge is 2.23. The number of aromatic nitrogens is 3. The Kier molecular flexibility index (Phi) is 5.90. The van der Waals surface area contributed by atoms with E-state index in [4.69, 9.17) is 14.4 Å². The van der Waals surface area contributed by atoms with E-state index in [0.29, 0.717) is 5.95 Å². The molecule has 0 radical (unpaired) electrons. The average molecular weight is 694 g/mol. The molecular weight excluding hydrogens is 667 g/mol. The minimum absolute atomic E-state index is 0.645. The molecule has 12 rings (SSSR count). The van der Waals surface area contributed by atoms with Crippen LogP contribution in [0.4, 0.5) is 0 Å². The van der Waals surface area contributed by atoms with Gasteiger partial charge in [0.2, 0.25) is 5.95 Å². The van der Waals surface area contributed by atoms with Crippen molar-refractivity contribution in [2.45, 2.75) is 0 Å². The van der Waals surface area contributed by atoms with Crippen molar-refractivity contribution in [3.05, 3.63) is 164 Å². The van der Waals surface area contributed by atoms with Crippen LogP contribution >= 0.6 is 11.3 Å². The molecule has 0 unspecified atom stereocenters. The lowest BCUT2D eigenvalue weighted by Gasteiger charge is -2.14. The summed E-state index contributed by atoms with van der Waals surface area (Å²) in [6.07, 6.45) is 0. The van der Waals surface area contributed by atoms with E-state index < -0.39 is 0 Å². The van der Waals surface area contributed by atoms with Gasteiger partial charge in [-0.1, -0.05) is 121 Å². The molecule has 0 saturated heterocycles. The Hall–Kier alpha value is -6.82. The Labute approximate surface area is 306 Å². The zero-order chi connectivity index (χ0) is 34.6. The van der Waals surface area contributed by atoms with Crippen molar-refractivity contribution in [1.29, 1.82) is 0 Å². The van der Waals surface area contributed by atoms with Gasteiger partial charge in [0.05, 0.1) is 26.9 Å². The highest BCUT2D eigenvalue weighted by atomic mass is 32.1. The third kappa shape index (κ3) is 4.17. The molecule has 4 nitrogen and oxygen atoms in total. The average Bonchev–Trinajstić information content (AvgIpc) is 3.89. The summed E-state index contributed by atoms with van der Waals surface area (Å²) in [6, 6.07) is 58.1. The van der Waals surface area contributed by atoms with E-state index in [1.54, 1.807) is 0 Å². The monoisotopic (exact) mass is 693 g/mol. The fourth-order valence-electron chi connectivity index (χ4n) is 8.38. The molecule has 0 amide bonds. The van der Waals surface area contributed by atoms with E-state index in [1.807, 2.05) is 11.3 Å². The number of furan rings is 1. The summed E-state index contributed by atoms with van der Waals surface area (Å²) in [4.78, 5) is 11.0. The van der Waals surface area contributed by atoms with Crippen LogP contribution in [0.1, 0.15) is 0 Å². The quantitative estimate of drug-likeness (QED) is 0.185. The van der Waals surface area contributed by atoms with E-state index in [1.165, 1.54) is 36.3 Å². The first-order valence-electron chi connectivity index (χ1n) is 17.8. The fourth-order valence-corrected chi connectivity index (χ4v) is 9.62. The molecule has 0 aliphatic heterocycles. The van der Waals surface area contributed by atoms with E-state index in [-0.39, 0.29) is 0 Å². The van der Waals surface area contributed by atoms with Crippen molar-refractivity contribution in [3.63, 3.8) is 0 Å². The summed E-state index contributed by atoms with van der Waals surface area (Å²) in [5.74, 6) is 0.645. The summed E-state index contributed by atoms with van der Waals surface area (Å²) in [5.41, 5.74) is 8.88. The first-order chi connectivity index (χ1) is 26.3. The van der Waals surface area contributed by atoms with Crippen LogP contribution in [0.25, 0.3) is 114 Å². The highest BCUT2D eigenvalue weighted by molar-refractivity contribution is 7.26. The smallest absolute Gasteiger partial charge is 0.235 e. The van der Waals surface area contributed by atoms with Crippen LogP contribution in [0, 0.1) is 0 Å². The van der Waals surface area contributed by atoms with Crippen LogP contribution in [0.5, 0.6) is 0 Å². The molecule has 8 aromatic carbocycles. The van der Waals surface area contributed by atoms with Crippen LogP contribution in [0.2, 0.25) is 0 Å². The molecule has 4 heterocycles. The Bertz CT molecular complexity index is 3460. The van der Waals surface area contributed by atoms with Gasteiger partial charge in [-0.05, 0) is 64.4 Å². The molecule has 0 spiro atoms. The summed E-state index contributed by atoms with van der Waals surface area (Å²) in [7, 11) is 0. The van der Waals surface area contributed by atoms with Gasteiger partial charge in [-0.25, -0.2) is 9.97 Å². The van der Waals surface area contributed by atoms with Crippen molar-refractivity contribution in [2.75, 3.05) is 0 Å². The van der Waals surface area contributed by atoms with Crippen LogP contribution < -0.4 is 0 Å². The van der Waals surface area contributed by atoms with Gasteiger partial charge < -0.3 is 4.42 Å². The number of para-hydroxylation sites is 2. The molecule has 0 N–H and O–H groups in total. The maximum Gasteiger partial charge on any atom is 0.235 e. The van der Waals surface area contributed by atoms with Crippen molar-refractivity contribution >= 4 is 96.9 Å². The van der Waals surface area contributed by atoms with Gasteiger partial charge in [-0.15, -0.1) is 11.3 Å². The van der Waals surface area contributed by atoms with Gasteiger partial charge in [0, 0.05) is 48.0 Å². The number of rotatable bonds is 3. The van der Waals surface area contributed by atoms with Crippen molar-refractivity contribution < 1.29 is 4.42 Å². The third-order valence-corrected chi connectivity index (χ3v) is 12.0. The van der Waals surface area contributed by atoms with Crippen LogP contribution in [-0.2, 0) is 0 Å². The molecule has 246 valence electrons. The SMILES string of the molecule is c1ccc(-c2cc(-c3nc(-n4c5ccccc5c5ccc6c7ccccc7sc6c54)nc4ccccc34)c3c(c2)oc2cc4ccccc4cc23)cc1. The Morgan fingerprint density at radius 1 is 0.491 bits per heavy atom. The lowest BCUT2D eigenvalue weighted by Crippen LogP contribution is -2.03. The maximum atomic E-state index is 6.74. The number of thiophene rings is 1. The molecule has 0 fully saturated rings. The second-order valence-corrected chi connectivity index (χ2v) is 14.8. The molecule has 12 aromatic rings. The number of nitrogens with zero attached hydrogens (tertiary/aromatic N) is 3. The largest absolute Gasteiger partial charge is 0.456 e. The van der Waals surface area contributed by atoms with Crippen LogP contribution in [0.3, 0.4) is 0 Å². The molecule has 0 bridgehead atoms. The lowest BCUT2D eigenvalue weighted by molar-refractivity contribution is 0.669. The molecule has 0 aliphatic rings. The van der Waals surface area contributed by atoms with E-state index in [9.17, 15) is 0 Å². The molecule has 0 atom stereocenters. The van der Waals surface area contributed by atoms with Gasteiger partial charge in [0.25, 0.3) is 0 Å². The zero-order valence-electron chi connectivity index (χ0n) is 28.2. The standard InChI is InChI=1S/C48H27N3OS/c1-2-12-28(13-3-1)31-25-38(44-37-24-29-14-4-5-15-30(29)26-41(37)52-42(44)27-31)45-36-18-6-9-19-39(36)49-48(50-45)51-40-20-10-7-16-32(40)34-22-23-35-33-17-8-11-21-43(33)53-47(35)46(34)51/h1-27H. The van der Waals surface area contributed by atoms with Crippen molar-refractivity contribution in [3.8, 4) is 28.3 Å². The second-order valence-electron chi connectivity index (χ2n) is 13.7. The number of hydrogen-bond donors (Lipinski definition) is 0. The minimum atomic E-state index is 0.645. The second kappa shape index (κ2) is 10.8. The Morgan fingerprint density at radius 3 is 2.09 bits per heavy atom. The molecule has 53 heavy (non-hydrogen) atoms. The maximum absolute atomic E-state index is 6.74. The molecular formula is C48H27N3OS. The predicted molar refractivity (Wildman–Crippen MR) is 222 cm³/mol. The normalized spacial score (nSPS) is 12.2. The van der Waals surface area contributed by atoms with Crippen molar-refractivity contribution in [1.82, 2.24) is 14.5 Å². The van der Waals surface area contributed by atoms with E-state index in [2.05, 4.69) is 168 Å². The van der Waals surface area contributed by atoms with Crippen LogP contribution in [-0.4, -0.2) is 14.5 Å². The Morgan fingerprint density at radius 2 is 1.21 bits per heavy atom. The minimum Gasteiger partial charge on any atom is -0.456 e. The third-order valence-electron chi connectivity index (χ3n) is 10.8. The molecule has 5 heteroatoms. The first kappa shape index (κ1) is 28.8. The first-order valence-corrected chi connectivity index (χ1v) is 18.6. The van der Waals surface area contributed by atoms with Gasteiger partial charge in [0.15, 0.2) is 0 Å². The van der Waals surface area contributed by atoms with Gasteiger partial charge in [-0.3, -0.25) is 4.57 Å². The summed E-state index contributed by atoms with van der Waals surface area (Å²) < 4.78 is 11.5. The van der Waals surface area contributed by atoms with Gasteiger partial charge in [0.1, 0.15) is 11.2 Å². The molecule has 0 saturated carbocycles. The number of hydrogen-bond acceptors (Lipinski definition) is 4. The molecule has 0 aliphatic carbocycles.